The molecule has 6 heteroatoms. The van der Waals surface area contributed by atoms with Crippen molar-refractivity contribution >= 4 is 45.4 Å². The lowest BCUT2D eigenvalue weighted by molar-refractivity contribution is -0.116. The fourth-order valence-electron chi connectivity index (χ4n) is 2.34. The smallest absolute Gasteiger partial charge is 0.260 e. The highest BCUT2D eigenvalue weighted by atomic mass is 79.9. The number of thioether (sulfide) groups is 1. The van der Waals surface area contributed by atoms with E-state index in [9.17, 15) is 9.90 Å². The summed E-state index contributed by atoms with van der Waals surface area (Å²) in [6.07, 6.45) is 2.69. The standard InChI is InChI=1S/C18H17BrN2O2S/c1-2-11-3-6-14(7-4-11)20-18-21-17(23)16(24-18)10-12-9-13(19)5-8-15(12)22/h3-10,18,20,22H,2H2,1H3,(H,21,23)/b16-10-/t18-/m0/s1. The summed E-state index contributed by atoms with van der Waals surface area (Å²) in [6, 6.07) is 13.3. The second-order valence-corrected chi connectivity index (χ2v) is 7.44. The Bertz CT molecular complexity index is 790. The third-order valence-corrected chi connectivity index (χ3v) is 5.19. The van der Waals surface area contributed by atoms with Crippen molar-refractivity contribution in [1.29, 1.82) is 0 Å². The molecular weight excluding hydrogens is 388 g/mol. The molecule has 2 aromatic carbocycles. The molecule has 1 amide bonds. The lowest BCUT2D eigenvalue weighted by Crippen LogP contribution is -2.30. The van der Waals surface area contributed by atoms with Crippen molar-refractivity contribution in [3.8, 4) is 5.75 Å². The predicted octanol–water partition coefficient (Wildman–Crippen LogP) is 4.32. The molecule has 1 atom stereocenters. The van der Waals surface area contributed by atoms with Crippen LogP contribution in [0.3, 0.4) is 0 Å². The number of anilines is 1. The minimum absolute atomic E-state index is 0.144. The van der Waals surface area contributed by atoms with Gasteiger partial charge >= 0.3 is 0 Å². The molecule has 1 aliphatic rings. The Kier molecular flexibility index (Phi) is 5.16. The number of carbonyl (C=O) groups excluding carboxylic acids is 1. The average molecular weight is 405 g/mol. The summed E-state index contributed by atoms with van der Waals surface area (Å²) in [5.41, 5.74) is 2.60. The first-order chi connectivity index (χ1) is 11.5. The topological polar surface area (TPSA) is 61.4 Å². The van der Waals surface area contributed by atoms with E-state index in [1.165, 1.54) is 17.3 Å². The molecule has 0 radical (unpaired) electrons. The Balaban J connectivity index is 1.73. The number of hydrogen-bond acceptors (Lipinski definition) is 4. The third kappa shape index (κ3) is 3.94. The molecule has 1 fully saturated rings. The zero-order valence-electron chi connectivity index (χ0n) is 13.0. The summed E-state index contributed by atoms with van der Waals surface area (Å²) in [5.74, 6) is -0.00674. The molecular formula is C18H17BrN2O2S. The monoisotopic (exact) mass is 404 g/mol. The van der Waals surface area contributed by atoms with E-state index in [1.54, 1.807) is 24.3 Å². The number of aromatic hydroxyl groups is 1. The molecule has 3 N–H and O–H groups in total. The van der Waals surface area contributed by atoms with E-state index in [4.69, 9.17) is 0 Å². The number of halogens is 1. The number of phenols is 1. The molecule has 124 valence electrons. The van der Waals surface area contributed by atoms with E-state index < -0.39 is 0 Å². The number of phenolic OH excluding ortho intramolecular Hbond substituents is 1. The molecule has 0 aliphatic carbocycles. The largest absolute Gasteiger partial charge is 0.507 e. The molecule has 0 bridgehead atoms. The number of rotatable bonds is 4. The number of nitrogens with one attached hydrogen (secondary N) is 2. The summed E-state index contributed by atoms with van der Waals surface area (Å²) in [7, 11) is 0. The SMILES string of the molecule is CCc1ccc(N[C@H]2NC(=O)/C(=C/c3cc(Br)ccc3O)S2)cc1. The van der Waals surface area contributed by atoms with Crippen LogP contribution in [-0.2, 0) is 11.2 Å². The highest BCUT2D eigenvalue weighted by molar-refractivity contribution is 9.10. The van der Waals surface area contributed by atoms with Crippen LogP contribution in [0.1, 0.15) is 18.1 Å². The molecule has 0 aromatic heterocycles. The van der Waals surface area contributed by atoms with Gasteiger partial charge in [-0.05, 0) is 48.4 Å². The molecule has 3 rings (SSSR count). The van der Waals surface area contributed by atoms with Gasteiger partial charge in [-0.1, -0.05) is 46.7 Å². The molecule has 0 saturated carbocycles. The second kappa shape index (κ2) is 7.32. The maximum atomic E-state index is 12.1. The van der Waals surface area contributed by atoms with Crippen LogP contribution in [0.5, 0.6) is 5.75 Å². The normalized spacial score (nSPS) is 18.7. The van der Waals surface area contributed by atoms with E-state index in [-0.39, 0.29) is 17.2 Å². The van der Waals surface area contributed by atoms with Crippen molar-refractivity contribution in [1.82, 2.24) is 5.32 Å². The van der Waals surface area contributed by atoms with Crippen molar-refractivity contribution in [2.45, 2.75) is 18.8 Å². The molecule has 4 nitrogen and oxygen atoms in total. The molecule has 1 aliphatic heterocycles. The quantitative estimate of drug-likeness (QED) is 0.664. The molecule has 0 spiro atoms. The summed E-state index contributed by atoms with van der Waals surface area (Å²) in [6.45, 7) is 2.11. The van der Waals surface area contributed by atoms with Crippen LogP contribution >= 0.6 is 27.7 Å². The van der Waals surface area contributed by atoms with Gasteiger partial charge in [-0.2, -0.15) is 0 Å². The molecule has 0 unspecified atom stereocenters. The van der Waals surface area contributed by atoms with Gasteiger partial charge in [0.2, 0.25) is 0 Å². The Morgan fingerprint density at radius 3 is 2.75 bits per heavy atom. The van der Waals surface area contributed by atoms with Crippen LogP contribution < -0.4 is 10.6 Å². The maximum absolute atomic E-state index is 12.1. The van der Waals surface area contributed by atoms with Crippen LogP contribution in [-0.4, -0.2) is 16.5 Å². The van der Waals surface area contributed by atoms with E-state index in [1.807, 2.05) is 12.1 Å². The zero-order chi connectivity index (χ0) is 17.1. The zero-order valence-corrected chi connectivity index (χ0v) is 15.4. The summed E-state index contributed by atoms with van der Waals surface area (Å²) >= 11 is 4.76. The Labute approximate surface area is 153 Å². The maximum Gasteiger partial charge on any atom is 0.260 e. The molecule has 2 aromatic rings. The van der Waals surface area contributed by atoms with Crippen LogP contribution in [0.25, 0.3) is 6.08 Å². The van der Waals surface area contributed by atoms with Gasteiger partial charge in [-0.3, -0.25) is 4.79 Å². The average Bonchev–Trinajstić information content (AvgIpc) is 2.91. The van der Waals surface area contributed by atoms with Gasteiger partial charge in [0.15, 0.2) is 5.50 Å². The van der Waals surface area contributed by atoms with Gasteiger partial charge in [0.1, 0.15) is 5.75 Å². The Morgan fingerprint density at radius 1 is 1.29 bits per heavy atom. The van der Waals surface area contributed by atoms with E-state index in [2.05, 4.69) is 45.6 Å². The first-order valence-corrected chi connectivity index (χ1v) is 9.25. The van der Waals surface area contributed by atoms with Gasteiger partial charge in [0.05, 0.1) is 4.91 Å². The first-order valence-electron chi connectivity index (χ1n) is 7.58. The van der Waals surface area contributed by atoms with Crippen LogP contribution in [0.15, 0.2) is 51.8 Å². The molecule has 1 saturated heterocycles. The number of aryl methyl sites for hydroxylation is 1. The first kappa shape index (κ1) is 16.9. The van der Waals surface area contributed by atoms with E-state index in [0.717, 1.165) is 16.6 Å². The molecule has 1 heterocycles. The number of amides is 1. The fourth-order valence-corrected chi connectivity index (χ4v) is 3.69. The van der Waals surface area contributed by atoms with Gasteiger partial charge in [0.25, 0.3) is 5.91 Å². The van der Waals surface area contributed by atoms with Crippen molar-refractivity contribution in [2.75, 3.05) is 5.32 Å². The highest BCUT2D eigenvalue weighted by Gasteiger charge is 2.27. The minimum Gasteiger partial charge on any atom is -0.507 e. The second-order valence-electron chi connectivity index (χ2n) is 5.38. The van der Waals surface area contributed by atoms with Gasteiger partial charge < -0.3 is 15.7 Å². The number of carbonyl (C=O) groups is 1. The van der Waals surface area contributed by atoms with Crippen molar-refractivity contribution in [3.05, 3.63) is 63.0 Å². The lowest BCUT2D eigenvalue weighted by atomic mass is 10.1. The van der Waals surface area contributed by atoms with Gasteiger partial charge in [0, 0.05) is 15.7 Å². The summed E-state index contributed by atoms with van der Waals surface area (Å²) < 4.78 is 0.848. The van der Waals surface area contributed by atoms with Crippen molar-refractivity contribution in [3.63, 3.8) is 0 Å². The van der Waals surface area contributed by atoms with Crippen LogP contribution in [0.4, 0.5) is 5.69 Å². The highest BCUT2D eigenvalue weighted by Crippen LogP contribution is 2.33. The minimum atomic E-state index is -0.231. The molecule has 24 heavy (non-hydrogen) atoms. The number of hydrogen-bond donors (Lipinski definition) is 3. The van der Waals surface area contributed by atoms with Crippen molar-refractivity contribution < 1.29 is 9.90 Å². The summed E-state index contributed by atoms with van der Waals surface area (Å²) in [4.78, 5) is 12.7. The third-order valence-electron chi connectivity index (χ3n) is 3.67. The van der Waals surface area contributed by atoms with Crippen LogP contribution in [0, 0.1) is 0 Å². The lowest BCUT2D eigenvalue weighted by Gasteiger charge is -2.12. The van der Waals surface area contributed by atoms with Gasteiger partial charge in [-0.15, -0.1) is 0 Å². The predicted molar refractivity (Wildman–Crippen MR) is 103 cm³/mol. The van der Waals surface area contributed by atoms with Gasteiger partial charge in [-0.25, -0.2) is 0 Å². The number of benzene rings is 2. The Hall–Kier alpha value is -1.92. The van der Waals surface area contributed by atoms with E-state index >= 15 is 0 Å². The fraction of sp³-hybridized carbons (Fsp3) is 0.167. The van der Waals surface area contributed by atoms with Crippen LogP contribution in [0.2, 0.25) is 0 Å². The van der Waals surface area contributed by atoms with E-state index in [0.29, 0.717) is 10.5 Å². The summed E-state index contributed by atoms with van der Waals surface area (Å²) in [5, 5.41) is 16.1. The van der Waals surface area contributed by atoms with Crippen molar-refractivity contribution in [2.24, 2.45) is 0 Å². The Morgan fingerprint density at radius 2 is 2.04 bits per heavy atom.